The number of hydrogen-bond acceptors (Lipinski definition) is 4. The zero-order valence-electron chi connectivity index (χ0n) is 19.7. The number of anilines is 1. The van der Waals surface area contributed by atoms with Crippen LogP contribution in [0.2, 0.25) is 5.02 Å². The molecule has 0 unspecified atom stereocenters. The third-order valence-electron chi connectivity index (χ3n) is 5.44. The molecule has 182 valence electrons. The highest BCUT2D eigenvalue weighted by atomic mass is 35.5. The first-order chi connectivity index (χ1) is 17.5. The van der Waals surface area contributed by atoms with Gasteiger partial charge in [-0.25, -0.2) is 4.98 Å². The number of ether oxygens (including phenoxy) is 1. The van der Waals surface area contributed by atoms with Crippen LogP contribution in [-0.2, 0) is 4.79 Å². The van der Waals surface area contributed by atoms with Crippen molar-refractivity contribution in [3.05, 3.63) is 108 Å². The Bertz CT molecular complexity index is 1350. The number of nitrogens with zero attached hydrogens (tertiary/aromatic N) is 3. The monoisotopic (exact) mass is 500 g/mol. The van der Waals surface area contributed by atoms with Crippen LogP contribution < -0.4 is 10.1 Å². The summed E-state index contributed by atoms with van der Waals surface area (Å²) < 4.78 is 7.03. The minimum absolute atomic E-state index is 0.161. The number of carbonyl (C=O) groups is 2. The summed E-state index contributed by atoms with van der Waals surface area (Å²) in [6.07, 6.45) is 3.42. The number of amides is 2. The van der Waals surface area contributed by atoms with E-state index in [4.69, 9.17) is 16.3 Å². The molecule has 0 saturated heterocycles. The lowest BCUT2D eigenvalue weighted by Crippen LogP contribution is -2.38. The molecular weight excluding hydrogens is 476 g/mol. The van der Waals surface area contributed by atoms with Gasteiger partial charge < -0.3 is 9.64 Å². The highest BCUT2D eigenvalue weighted by Crippen LogP contribution is 2.26. The van der Waals surface area contributed by atoms with Crippen LogP contribution in [0.15, 0.2) is 97.7 Å². The third kappa shape index (κ3) is 5.82. The molecule has 0 saturated carbocycles. The van der Waals surface area contributed by atoms with Gasteiger partial charge in [-0.15, -0.1) is 6.58 Å². The quantitative estimate of drug-likeness (QED) is 0.309. The van der Waals surface area contributed by atoms with Gasteiger partial charge in [-0.2, -0.15) is 0 Å². The first kappa shape index (κ1) is 24.8. The van der Waals surface area contributed by atoms with Crippen LogP contribution in [-0.4, -0.2) is 46.5 Å². The predicted octanol–water partition coefficient (Wildman–Crippen LogP) is 5.47. The molecule has 0 fully saturated rings. The Hall–Kier alpha value is -4.36. The molecule has 0 aliphatic rings. The summed E-state index contributed by atoms with van der Waals surface area (Å²) >= 11 is 6.04. The van der Waals surface area contributed by atoms with E-state index in [0.29, 0.717) is 28.0 Å². The van der Waals surface area contributed by atoms with Gasteiger partial charge in [0.25, 0.3) is 5.91 Å². The van der Waals surface area contributed by atoms with E-state index >= 15 is 0 Å². The third-order valence-corrected chi connectivity index (χ3v) is 5.69. The first-order valence-electron chi connectivity index (χ1n) is 11.2. The number of carbonyl (C=O) groups excluding carboxylic acids is 2. The van der Waals surface area contributed by atoms with Gasteiger partial charge in [-0.3, -0.25) is 19.5 Å². The van der Waals surface area contributed by atoms with E-state index < -0.39 is 0 Å². The summed E-state index contributed by atoms with van der Waals surface area (Å²) in [6.45, 7) is 3.78. The smallest absolute Gasteiger partial charge is 0.254 e. The van der Waals surface area contributed by atoms with Crippen molar-refractivity contribution in [2.75, 3.05) is 25.5 Å². The summed E-state index contributed by atoms with van der Waals surface area (Å²) in [7, 11) is 1.60. The van der Waals surface area contributed by atoms with Crippen LogP contribution in [0.3, 0.4) is 0 Å². The molecule has 3 aromatic carbocycles. The molecule has 2 amide bonds. The number of hydrogen-bond donors (Lipinski definition) is 1. The van der Waals surface area contributed by atoms with Gasteiger partial charge in [0.1, 0.15) is 12.3 Å². The molecule has 4 rings (SSSR count). The second kappa shape index (κ2) is 11.4. The topological polar surface area (TPSA) is 76.5 Å². The minimum atomic E-state index is -0.385. The van der Waals surface area contributed by atoms with Crippen molar-refractivity contribution < 1.29 is 14.3 Å². The highest BCUT2D eigenvalue weighted by Gasteiger charge is 2.20. The summed E-state index contributed by atoms with van der Waals surface area (Å²) in [5, 5.41) is 3.48. The van der Waals surface area contributed by atoms with Gasteiger partial charge >= 0.3 is 0 Å². The zero-order chi connectivity index (χ0) is 25.5. The van der Waals surface area contributed by atoms with E-state index in [9.17, 15) is 9.59 Å². The maximum Gasteiger partial charge on any atom is 0.254 e. The van der Waals surface area contributed by atoms with Crippen LogP contribution in [0.1, 0.15) is 10.4 Å². The van der Waals surface area contributed by atoms with Crippen molar-refractivity contribution >= 4 is 29.4 Å². The van der Waals surface area contributed by atoms with Gasteiger partial charge in [0.15, 0.2) is 0 Å². The molecule has 8 heteroatoms. The zero-order valence-corrected chi connectivity index (χ0v) is 20.5. The van der Waals surface area contributed by atoms with Crippen molar-refractivity contribution in [2.24, 2.45) is 0 Å². The lowest BCUT2D eigenvalue weighted by Gasteiger charge is -2.20. The largest absolute Gasteiger partial charge is 0.497 e. The normalized spacial score (nSPS) is 10.5. The van der Waals surface area contributed by atoms with Gasteiger partial charge in [-0.05, 0) is 48.5 Å². The van der Waals surface area contributed by atoms with Crippen molar-refractivity contribution in [1.82, 2.24) is 14.5 Å². The average molecular weight is 501 g/mol. The lowest BCUT2D eigenvalue weighted by atomic mass is 10.2. The first-order valence-corrected chi connectivity index (χ1v) is 11.6. The number of methoxy groups -OCH3 is 1. The SMILES string of the molecule is C=CCN(CC(=O)Nc1nc(-c2ccc(Cl)cc2)cn1-c1ccc(OC)cc1)C(=O)c1ccccc1. The number of aromatic nitrogens is 2. The van der Waals surface area contributed by atoms with Crippen LogP contribution in [0.4, 0.5) is 5.95 Å². The molecule has 0 radical (unpaired) electrons. The van der Waals surface area contributed by atoms with Crippen molar-refractivity contribution in [3.8, 4) is 22.7 Å². The Balaban J connectivity index is 1.62. The van der Waals surface area contributed by atoms with Crippen LogP contribution in [0, 0.1) is 0 Å². The van der Waals surface area contributed by atoms with Crippen LogP contribution in [0.25, 0.3) is 16.9 Å². The van der Waals surface area contributed by atoms with E-state index in [1.807, 2.05) is 48.7 Å². The Morgan fingerprint density at radius 3 is 2.39 bits per heavy atom. The number of nitrogens with one attached hydrogen (secondary N) is 1. The molecule has 1 heterocycles. The molecule has 0 atom stereocenters. The molecule has 0 aliphatic carbocycles. The second-order valence-corrected chi connectivity index (χ2v) is 8.35. The Morgan fingerprint density at radius 2 is 1.75 bits per heavy atom. The van der Waals surface area contributed by atoms with Gasteiger partial charge in [-0.1, -0.05) is 48.0 Å². The van der Waals surface area contributed by atoms with Gasteiger partial charge in [0.2, 0.25) is 11.9 Å². The van der Waals surface area contributed by atoms with Crippen molar-refractivity contribution in [3.63, 3.8) is 0 Å². The van der Waals surface area contributed by atoms with Crippen LogP contribution in [0.5, 0.6) is 5.75 Å². The fraction of sp³-hybridized carbons (Fsp3) is 0.107. The van der Waals surface area contributed by atoms with E-state index in [-0.39, 0.29) is 24.9 Å². The predicted molar refractivity (Wildman–Crippen MR) is 142 cm³/mol. The number of imidazole rings is 1. The molecule has 0 bridgehead atoms. The summed E-state index contributed by atoms with van der Waals surface area (Å²) in [4.78, 5) is 32.1. The number of halogens is 1. The second-order valence-electron chi connectivity index (χ2n) is 7.91. The molecule has 36 heavy (non-hydrogen) atoms. The molecule has 7 nitrogen and oxygen atoms in total. The highest BCUT2D eigenvalue weighted by molar-refractivity contribution is 6.30. The molecule has 0 aliphatic heterocycles. The minimum Gasteiger partial charge on any atom is -0.497 e. The maximum absolute atomic E-state index is 13.1. The molecule has 0 spiro atoms. The maximum atomic E-state index is 13.1. The number of benzene rings is 3. The van der Waals surface area contributed by atoms with E-state index in [2.05, 4.69) is 16.9 Å². The van der Waals surface area contributed by atoms with Crippen molar-refractivity contribution in [1.29, 1.82) is 0 Å². The molecule has 1 N–H and O–H groups in total. The van der Waals surface area contributed by atoms with E-state index in [0.717, 1.165) is 11.3 Å². The van der Waals surface area contributed by atoms with E-state index in [1.54, 1.807) is 54.2 Å². The Morgan fingerprint density at radius 1 is 1.06 bits per heavy atom. The summed E-state index contributed by atoms with van der Waals surface area (Å²) in [5.41, 5.74) is 2.77. The molecule has 4 aromatic rings. The fourth-order valence-electron chi connectivity index (χ4n) is 3.64. The summed E-state index contributed by atoms with van der Waals surface area (Å²) in [6, 6.07) is 23.5. The summed E-state index contributed by atoms with van der Waals surface area (Å²) in [5.74, 6) is 0.387. The Labute approximate surface area is 214 Å². The van der Waals surface area contributed by atoms with Gasteiger partial charge in [0, 0.05) is 34.6 Å². The van der Waals surface area contributed by atoms with Gasteiger partial charge in [0.05, 0.1) is 12.8 Å². The standard InChI is InChI=1S/C28H25ClN4O3/c1-3-17-32(27(35)21-7-5-4-6-8-21)19-26(34)31-28-30-25(20-9-11-22(29)12-10-20)18-33(28)23-13-15-24(36-2)16-14-23/h3-16,18H,1,17,19H2,2H3,(H,30,31,34). The average Bonchev–Trinajstić information content (AvgIpc) is 3.32. The fourth-order valence-corrected chi connectivity index (χ4v) is 3.77. The lowest BCUT2D eigenvalue weighted by molar-refractivity contribution is -0.116. The number of rotatable bonds is 9. The Kier molecular flexibility index (Phi) is 7.82. The van der Waals surface area contributed by atoms with E-state index in [1.165, 1.54) is 4.90 Å². The van der Waals surface area contributed by atoms with Crippen LogP contribution >= 0.6 is 11.6 Å². The molecule has 1 aromatic heterocycles. The van der Waals surface area contributed by atoms with Crippen molar-refractivity contribution in [2.45, 2.75) is 0 Å². The molecular formula is C28H25ClN4O3.